The maximum absolute atomic E-state index is 11.5. The molecule has 0 bridgehead atoms. The summed E-state index contributed by atoms with van der Waals surface area (Å²) in [5.41, 5.74) is 0.0483. The lowest BCUT2D eigenvalue weighted by molar-refractivity contribution is -0.384. The van der Waals surface area contributed by atoms with Crippen LogP contribution >= 0.6 is 0 Å². The molecule has 124 valence electrons. The van der Waals surface area contributed by atoms with Gasteiger partial charge in [0.1, 0.15) is 11.4 Å². The highest BCUT2D eigenvalue weighted by molar-refractivity contribution is 7.90. The van der Waals surface area contributed by atoms with Crippen molar-refractivity contribution in [1.29, 1.82) is 0 Å². The topological polar surface area (TPSA) is 102 Å². The summed E-state index contributed by atoms with van der Waals surface area (Å²) in [5.74, 6) is 0.848. The van der Waals surface area contributed by atoms with Gasteiger partial charge in [-0.25, -0.2) is 8.42 Å². The largest absolute Gasteiger partial charge is 0.469 e. The van der Waals surface area contributed by atoms with E-state index in [9.17, 15) is 18.5 Å². The van der Waals surface area contributed by atoms with E-state index < -0.39 is 14.8 Å². The molecule has 0 aliphatic heterocycles. The normalized spacial score (nSPS) is 12.8. The van der Waals surface area contributed by atoms with Crippen LogP contribution in [-0.2, 0) is 16.3 Å². The third-order valence-electron chi connectivity index (χ3n) is 3.40. The van der Waals surface area contributed by atoms with Crippen molar-refractivity contribution in [3.8, 4) is 0 Å². The molecule has 8 heteroatoms. The molecule has 1 heterocycles. The maximum Gasteiger partial charge on any atom is 0.293 e. The van der Waals surface area contributed by atoms with Crippen molar-refractivity contribution < 1.29 is 17.8 Å². The minimum atomic E-state index is -3.49. The summed E-state index contributed by atoms with van der Waals surface area (Å²) in [7, 11) is -3.49. The Morgan fingerprint density at radius 1 is 1.35 bits per heavy atom. The molecule has 2 rings (SSSR count). The Morgan fingerprint density at radius 2 is 2.09 bits per heavy atom. The number of nitrogens with one attached hydrogen (secondary N) is 1. The molecule has 0 fully saturated rings. The van der Waals surface area contributed by atoms with Crippen LogP contribution in [0, 0.1) is 10.1 Å². The van der Waals surface area contributed by atoms with Crippen LogP contribution in [0.2, 0.25) is 0 Å². The first-order valence-corrected chi connectivity index (χ1v) is 8.94. The van der Waals surface area contributed by atoms with Crippen LogP contribution < -0.4 is 5.32 Å². The molecule has 0 spiro atoms. The molecule has 23 heavy (non-hydrogen) atoms. The molecule has 0 aliphatic carbocycles. The van der Waals surface area contributed by atoms with E-state index in [2.05, 4.69) is 5.32 Å². The van der Waals surface area contributed by atoms with Crippen molar-refractivity contribution in [2.24, 2.45) is 0 Å². The van der Waals surface area contributed by atoms with Crippen molar-refractivity contribution in [3.05, 3.63) is 52.5 Å². The van der Waals surface area contributed by atoms with E-state index in [0.717, 1.165) is 24.5 Å². The summed E-state index contributed by atoms with van der Waals surface area (Å²) in [5, 5.41) is 14.2. The predicted octanol–water partition coefficient (Wildman–Crippen LogP) is 3.02. The van der Waals surface area contributed by atoms with E-state index in [4.69, 9.17) is 4.42 Å². The Kier molecular flexibility index (Phi) is 5.05. The Labute approximate surface area is 134 Å². The Balaban J connectivity index is 2.13. The number of nitro benzene ring substituents is 1. The lowest BCUT2D eigenvalue weighted by Crippen LogP contribution is -2.17. The van der Waals surface area contributed by atoms with Crippen molar-refractivity contribution in [2.45, 2.75) is 30.7 Å². The van der Waals surface area contributed by atoms with E-state index in [1.54, 1.807) is 6.26 Å². The summed E-state index contributed by atoms with van der Waals surface area (Å²) in [6.07, 6.45) is 4.04. The minimum Gasteiger partial charge on any atom is -0.469 e. The molecule has 0 saturated carbocycles. The van der Waals surface area contributed by atoms with Crippen LogP contribution in [0.25, 0.3) is 0 Å². The molecule has 0 amide bonds. The second kappa shape index (κ2) is 6.82. The van der Waals surface area contributed by atoms with Crippen molar-refractivity contribution >= 4 is 21.2 Å². The summed E-state index contributed by atoms with van der Waals surface area (Å²) in [6.45, 7) is 1.90. The molecule has 0 unspecified atom stereocenters. The zero-order valence-electron chi connectivity index (χ0n) is 12.9. The lowest BCUT2D eigenvalue weighted by atomic mass is 10.1. The van der Waals surface area contributed by atoms with Gasteiger partial charge in [0.05, 0.1) is 16.1 Å². The number of aryl methyl sites for hydroxylation is 1. The fourth-order valence-electron chi connectivity index (χ4n) is 2.17. The lowest BCUT2D eigenvalue weighted by Gasteiger charge is -2.15. The van der Waals surface area contributed by atoms with Gasteiger partial charge in [0.2, 0.25) is 0 Å². The highest BCUT2D eigenvalue weighted by Gasteiger charge is 2.19. The number of benzene rings is 1. The van der Waals surface area contributed by atoms with Crippen LogP contribution in [-0.4, -0.2) is 25.6 Å². The van der Waals surface area contributed by atoms with Gasteiger partial charge in [-0.2, -0.15) is 0 Å². The molecule has 7 nitrogen and oxygen atoms in total. The van der Waals surface area contributed by atoms with Crippen molar-refractivity contribution in [2.75, 3.05) is 11.6 Å². The monoisotopic (exact) mass is 338 g/mol. The summed E-state index contributed by atoms with van der Waals surface area (Å²) < 4.78 is 28.3. The van der Waals surface area contributed by atoms with Gasteiger partial charge in [0, 0.05) is 24.8 Å². The molecule has 0 aliphatic rings. The second-order valence-corrected chi connectivity index (χ2v) is 7.39. The first-order valence-electron chi connectivity index (χ1n) is 7.05. The van der Waals surface area contributed by atoms with Crippen molar-refractivity contribution in [3.63, 3.8) is 0 Å². The first-order chi connectivity index (χ1) is 10.8. The molecular formula is C15H18N2O5S. The predicted molar refractivity (Wildman–Crippen MR) is 86.3 cm³/mol. The molecule has 1 N–H and O–H groups in total. The molecule has 0 saturated heterocycles. The second-order valence-electron chi connectivity index (χ2n) is 5.37. The number of sulfone groups is 1. The van der Waals surface area contributed by atoms with E-state index in [1.807, 2.05) is 19.1 Å². The van der Waals surface area contributed by atoms with Crippen LogP contribution in [0.1, 0.15) is 19.1 Å². The van der Waals surface area contributed by atoms with E-state index in [-0.39, 0.29) is 16.6 Å². The van der Waals surface area contributed by atoms with Gasteiger partial charge < -0.3 is 9.73 Å². The van der Waals surface area contributed by atoms with Crippen LogP contribution in [0.5, 0.6) is 0 Å². The fourth-order valence-corrected chi connectivity index (χ4v) is 2.81. The standard InChI is InChI=1S/C15H18N2O5S/c1-11(5-6-12-4-3-9-22-12)16-14-8-7-13(23(2,20)21)10-15(14)17(18)19/h3-4,7-11,16H,5-6H2,1-2H3/t11-/m0/s1. The number of hydrogen-bond donors (Lipinski definition) is 1. The SMILES string of the molecule is C[C@@H](CCc1ccco1)Nc1ccc(S(C)(=O)=O)cc1[N+](=O)[O-]. The zero-order valence-corrected chi connectivity index (χ0v) is 13.7. The van der Waals surface area contributed by atoms with Gasteiger partial charge >= 0.3 is 0 Å². The number of rotatable bonds is 7. The average Bonchev–Trinajstić information content (AvgIpc) is 2.97. The Bertz CT molecular complexity index is 784. The van der Waals surface area contributed by atoms with Crippen LogP contribution in [0.3, 0.4) is 0 Å². The van der Waals surface area contributed by atoms with Gasteiger partial charge in [0.25, 0.3) is 5.69 Å². The number of nitro groups is 1. The molecule has 1 atom stereocenters. The molecular weight excluding hydrogens is 320 g/mol. The maximum atomic E-state index is 11.5. The zero-order chi connectivity index (χ0) is 17.0. The molecule has 1 aromatic carbocycles. The fraction of sp³-hybridized carbons (Fsp3) is 0.333. The minimum absolute atomic E-state index is 0.0390. The van der Waals surface area contributed by atoms with E-state index in [1.165, 1.54) is 12.1 Å². The number of hydrogen-bond acceptors (Lipinski definition) is 6. The highest BCUT2D eigenvalue weighted by Crippen LogP contribution is 2.28. The number of furan rings is 1. The highest BCUT2D eigenvalue weighted by atomic mass is 32.2. The Morgan fingerprint density at radius 3 is 2.65 bits per heavy atom. The summed E-state index contributed by atoms with van der Waals surface area (Å²) >= 11 is 0. The smallest absolute Gasteiger partial charge is 0.293 e. The number of nitrogens with zero attached hydrogens (tertiary/aromatic N) is 1. The molecule has 2 aromatic rings. The van der Waals surface area contributed by atoms with E-state index in [0.29, 0.717) is 12.1 Å². The molecule has 1 aromatic heterocycles. The number of anilines is 1. The van der Waals surface area contributed by atoms with Crippen molar-refractivity contribution in [1.82, 2.24) is 0 Å². The first kappa shape index (κ1) is 17.0. The third-order valence-corrected chi connectivity index (χ3v) is 4.51. The van der Waals surface area contributed by atoms with Gasteiger partial charge in [-0.1, -0.05) is 0 Å². The summed E-state index contributed by atoms with van der Waals surface area (Å²) in [4.78, 5) is 10.5. The quantitative estimate of drug-likeness (QED) is 0.615. The van der Waals surface area contributed by atoms with Crippen LogP contribution in [0.4, 0.5) is 11.4 Å². The van der Waals surface area contributed by atoms with E-state index >= 15 is 0 Å². The summed E-state index contributed by atoms with van der Waals surface area (Å²) in [6, 6.07) is 7.51. The third kappa shape index (κ3) is 4.56. The van der Waals surface area contributed by atoms with Crippen LogP contribution in [0.15, 0.2) is 45.9 Å². The Hall–Kier alpha value is -2.35. The van der Waals surface area contributed by atoms with Gasteiger partial charge in [-0.05, 0) is 37.6 Å². The van der Waals surface area contributed by atoms with Gasteiger partial charge in [0.15, 0.2) is 9.84 Å². The van der Waals surface area contributed by atoms with Gasteiger partial charge in [-0.15, -0.1) is 0 Å². The molecule has 0 radical (unpaired) electrons. The average molecular weight is 338 g/mol. The van der Waals surface area contributed by atoms with Gasteiger partial charge in [-0.3, -0.25) is 10.1 Å².